The quantitative estimate of drug-likeness (QED) is 0.637. The Morgan fingerprint density at radius 2 is 1.92 bits per heavy atom. The minimum atomic E-state index is -0.458. The molecule has 0 bridgehead atoms. The van der Waals surface area contributed by atoms with Gasteiger partial charge in [0.05, 0.1) is 31.9 Å². The third-order valence-electron chi connectivity index (χ3n) is 3.65. The zero-order valence-corrected chi connectivity index (χ0v) is 15.4. The lowest BCUT2D eigenvalue weighted by molar-refractivity contribution is -0.144. The van der Waals surface area contributed by atoms with Crippen molar-refractivity contribution in [3.05, 3.63) is 17.0 Å². The number of anilines is 1. The molecule has 0 saturated heterocycles. The predicted octanol–water partition coefficient (Wildman–Crippen LogP) is 2.14. The maximum atomic E-state index is 12.3. The number of nitrogens with one attached hydrogen (secondary N) is 1. The minimum absolute atomic E-state index is 0.0788. The second-order valence-corrected chi connectivity index (χ2v) is 6.77. The van der Waals surface area contributed by atoms with Crippen molar-refractivity contribution in [3.8, 4) is 0 Å². The number of amides is 1. The van der Waals surface area contributed by atoms with Crippen molar-refractivity contribution >= 4 is 34.2 Å². The molecule has 1 amide bonds. The highest BCUT2D eigenvalue weighted by atomic mass is 32.1. The monoisotopic (exact) mass is 368 g/mol. The van der Waals surface area contributed by atoms with Gasteiger partial charge in [0, 0.05) is 6.54 Å². The number of rotatable bonds is 10. The molecule has 1 heterocycles. The fourth-order valence-corrected chi connectivity index (χ4v) is 3.18. The highest BCUT2D eigenvalue weighted by molar-refractivity contribution is 7.14. The van der Waals surface area contributed by atoms with Crippen molar-refractivity contribution in [1.82, 2.24) is 4.90 Å². The molecule has 0 radical (unpaired) electrons. The van der Waals surface area contributed by atoms with Gasteiger partial charge in [-0.15, -0.1) is 11.3 Å². The highest BCUT2D eigenvalue weighted by Gasteiger charge is 2.27. The molecule has 8 heteroatoms. The van der Waals surface area contributed by atoms with Crippen LogP contribution in [0.15, 0.2) is 11.4 Å². The van der Waals surface area contributed by atoms with E-state index in [0.717, 1.165) is 12.8 Å². The van der Waals surface area contributed by atoms with Crippen molar-refractivity contribution in [1.29, 1.82) is 0 Å². The maximum Gasteiger partial charge on any atom is 0.341 e. The number of ether oxygens (including phenoxy) is 2. The predicted molar refractivity (Wildman–Crippen MR) is 94.7 cm³/mol. The Kier molecular flexibility index (Phi) is 7.39. The SMILES string of the molecule is CCOC(=O)CN(CC(=O)Nc1sccc1C(=O)OCC)CC1CC1. The summed E-state index contributed by atoms with van der Waals surface area (Å²) in [6, 6.07) is 1.62. The number of thiophene rings is 1. The van der Waals surface area contributed by atoms with Crippen molar-refractivity contribution < 1.29 is 23.9 Å². The first-order chi connectivity index (χ1) is 12.0. The largest absolute Gasteiger partial charge is 0.465 e. The lowest BCUT2D eigenvalue weighted by atomic mass is 10.3. The zero-order chi connectivity index (χ0) is 18.2. The first-order valence-electron chi connectivity index (χ1n) is 8.45. The second kappa shape index (κ2) is 9.53. The van der Waals surface area contributed by atoms with Crippen LogP contribution in [0.5, 0.6) is 0 Å². The number of carbonyl (C=O) groups is 3. The first-order valence-corrected chi connectivity index (χ1v) is 9.33. The smallest absolute Gasteiger partial charge is 0.341 e. The molecule has 0 spiro atoms. The molecule has 7 nitrogen and oxygen atoms in total. The van der Waals surface area contributed by atoms with Crippen molar-refractivity contribution in [3.63, 3.8) is 0 Å². The van der Waals surface area contributed by atoms with E-state index in [1.165, 1.54) is 11.3 Å². The van der Waals surface area contributed by atoms with Crippen LogP contribution in [0.3, 0.4) is 0 Å². The van der Waals surface area contributed by atoms with E-state index < -0.39 is 5.97 Å². The lowest BCUT2D eigenvalue weighted by Gasteiger charge is -2.20. The number of hydrogen-bond acceptors (Lipinski definition) is 7. The van der Waals surface area contributed by atoms with Gasteiger partial charge in [0.25, 0.3) is 0 Å². The van der Waals surface area contributed by atoms with Crippen LogP contribution in [0.1, 0.15) is 37.0 Å². The van der Waals surface area contributed by atoms with Crippen LogP contribution in [-0.2, 0) is 19.1 Å². The van der Waals surface area contributed by atoms with E-state index in [9.17, 15) is 14.4 Å². The molecule has 0 unspecified atom stereocenters. The molecule has 1 N–H and O–H groups in total. The fourth-order valence-electron chi connectivity index (χ4n) is 2.38. The van der Waals surface area contributed by atoms with E-state index in [0.29, 0.717) is 29.6 Å². The second-order valence-electron chi connectivity index (χ2n) is 5.85. The van der Waals surface area contributed by atoms with Crippen LogP contribution in [0.2, 0.25) is 0 Å². The molecule has 1 fully saturated rings. The topological polar surface area (TPSA) is 84.9 Å². The third-order valence-corrected chi connectivity index (χ3v) is 4.48. The van der Waals surface area contributed by atoms with Crippen LogP contribution >= 0.6 is 11.3 Å². The number of hydrogen-bond donors (Lipinski definition) is 1. The van der Waals surface area contributed by atoms with E-state index in [1.807, 2.05) is 0 Å². The lowest BCUT2D eigenvalue weighted by Crippen LogP contribution is -2.38. The Balaban J connectivity index is 1.93. The summed E-state index contributed by atoms with van der Waals surface area (Å²) >= 11 is 1.26. The van der Waals surface area contributed by atoms with Gasteiger partial charge in [-0.25, -0.2) is 4.79 Å². The average Bonchev–Trinajstić information content (AvgIpc) is 3.23. The summed E-state index contributed by atoms with van der Waals surface area (Å²) in [5, 5.41) is 4.93. The van der Waals surface area contributed by atoms with Gasteiger partial charge in [0.2, 0.25) is 5.91 Å². The molecule has 0 atom stereocenters. The highest BCUT2D eigenvalue weighted by Crippen LogP contribution is 2.29. The van der Waals surface area contributed by atoms with Crippen LogP contribution in [-0.4, -0.2) is 55.6 Å². The first kappa shape index (κ1) is 19.4. The molecule has 2 rings (SSSR count). The molecular weight excluding hydrogens is 344 g/mol. The Labute approximate surface area is 151 Å². The van der Waals surface area contributed by atoms with Crippen molar-refractivity contribution in [2.45, 2.75) is 26.7 Å². The van der Waals surface area contributed by atoms with Gasteiger partial charge in [0.15, 0.2) is 0 Å². The van der Waals surface area contributed by atoms with Gasteiger partial charge < -0.3 is 14.8 Å². The van der Waals surface area contributed by atoms with E-state index in [-0.39, 0.29) is 31.6 Å². The molecular formula is C17H24N2O5S. The molecule has 0 aliphatic heterocycles. The summed E-state index contributed by atoms with van der Waals surface area (Å²) in [5.74, 6) is -0.517. The van der Waals surface area contributed by atoms with Gasteiger partial charge in [-0.2, -0.15) is 0 Å². The number of carbonyl (C=O) groups excluding carboxylic acids is 3. The summed E-state index contributed by atoms with van der Waals surface area (Å²) in [6.45, 7) is 4.94. The molecule has 1 saturated carbocycles. The Bertz CT molecular complexity index is 612. The Morgan fingerprint density at radius 1 is 1.20 bits per heavy atom. The van der Waals surface area contributed by atoms with Crippen LogP contribution < -0.4 is 5.32 Å². The minimum Gasteiger partial charge on any atom is -0.465 e. The van der Waals surface area contributed by atoms with E-state index >= 15 is 0 Å². The van der Waals surface area contributed by atoms with Gasteiger partial charge in [0.1, 0.15) is 5.00 Å². The van der Waals surface area contributed by atoms with Gasteiger partial charge in [-0.1, -0.05) is 0 Å². The van der Waals surface area contributed by atoms with Gasteiger partial charge >= 0.3 is 11.9 Å². The molecule has 138 valence electrons. The number of nitrogens with zero attached hydrogens (tertiary/aromatic N) is 1. The van der Waals surface area contributed by atoms with Crippen LogP contribution in [0.4, 0.5) is 5.00 Å². The van der Waals surface area contributed by atoms with E-state index in [4.69, 9.17) is 9.47 Å². The Hall–Kier alpha value is -1.93. The Morgan fingerprint density at radius 3 is 2.56 bits per heavy atom. The van der Waals surface area contributed by atoms with Crippen molar-refractivity contribution in [2.75, 3.05) is 38.2 Å². The molecule has 1 aliphatic rings. The van der Waals surface area contributed by atoms with Crippen LogP contribution in [0.25, 0.3) is 0 Å². The standard InChI is InChI=1S/C17H24N2O5S/c1-3-23-15(21)11-19(9-12-5-6-12)10-14(20)18-16-13(7-8-25-16)17(22)24-4-2/h7-8,12H,3-6,9-11H2,1-2H3,(H,18,20). The molecule has 1 aliphatic carbocycles. The van der Waals surface area contributed by atoms with Crippen LogP contribution in [0, 0.1) is 5.92 Å². The average molecular weight is 368 g/mol. The molecule has 25 heavy (non-hydrogen) atoms. The summed E-state index contributed by atoms with van der Waals surface area (Å²) in [5.41, 5.74) is 0.347. The molecule has 0 aromatic carbocycles. The summed E-state index contributed by atoms with van der Waals surface area (Å²) < 4.78 is 9.94. The maximum absolute atomic E-state index is 12.3. The summed E-state index contributed by atoms with van der Waals surface area (Å²) in [4.78, 5) is 37.7. The summed E-state index contributed by atoms with van der Waals surface area (Å²) in [6.07, 6.45) is 2.25. The fraction of sp³-hybridized carbons (Fsp3) is 0.588. The number of esters is 2. The van der Waals surface area contributed by atoms with Gasteiger partial charge in [-0.05, 0) is 44.1 Å². The zero-order valence-electron chi connectivity index (χ0n) is 14.6. The summed E-state index contributed by atoms with van der Waals surface area (Å²) in [7, 11) is 0. The third kappa shape index (κ3) is 6.47. The molecule has 1 aromatic heterocycles. The van der Waals surface area contributed by atoms with E-state index in [1.54, 1.807) is 30.2 Å². The van der Waals surface area contributed by atoms with E-state index in [2.05, 4.69) is 5.32 Å². The normalized spacial score (nSPS) is 13.6. The molecule has 1 aromatic rings. The van der Waals surface area contributed by atoms with Gasteiger partial charge in [-0.3, -0.25) is 14.5 Å². The van der Waals surface area contributed by atoms with Crippen molar-refractivity contribution in [2.24, 2.45) is 5.92 Å².